The van der Waals surface area contributed by atoms with Crippen molar-refractivity contribution < 1.29 is 4.79 Å². The van der Waals surface area contributed by atoms with Gasteiger partial charge in [0.25, 0.3) is 0 Å². The van der Waals surface area contributed by atoms with Gasteiger partial charge in [0.05, 0.1) is 12.1 Å². The van der Waals surface area contributed by atoms with Crippen LogP contribution in [0.1, 0.15) is 34.7 Å². The molecule has 1 aromatic heterocycles. The van der Waals surface area contributed by atoms with E-state index < -0.39 is 0 Å². The summed E-state index contributed by atoms with van der Waals surface area (Å²) in [5.74, 6) is -0.111. The summed E-state index contributed by atoms with van der Waals surface area (Å²) in [5.41, 5.74) is 7.07. The number of fused-ring (bicyclic) bond motifs is 1. The molecular weight excluding hydrogens is 282 g/mol. The van der Waals surface area contributed by atoms with Crippen molar-refractivity contribution in [2.24, 2.45) is 5.10 Å². The van der Waals surface area contributed by atoms with Crippen molar-refractivity contribution in [2.45, 2.75) is 32.6 Å². The molecule has 1 aromatic carbocycles. The zero-order valence-electron chi connectivity index (χ0n) is 11.9. The van der Waals surface area contributed by atoms with Crippen LogP contribution in [-0.4, -0.2) is 16.6 Å². The molecule has 1 heterocycles. The smallest absolute Gasteiger partial charge is 0.246 e. The summed E-state index contributed by atoms with van der Waals surface area (Å²) in [6.07, 6.45) is 3.36. The van der Waals surface area contributed by atoms with Crippen LogP contribution in [0.3, 0.4) is 0 Å². The predicted molar refractivity (Wildman–Crippen MR) is 84.6 cm³/mol. The number of amides is 1. The van der Waals surface area contributed by atoms with Gasteiger partial charge in [-0.1, -0.05) is 24.3 Å². The van der Waals surface area contributed by atoms with Crippen molar-refractivity contribution in [1.82, 2.24) is 10.4 Å². The lowest BCUT2D eigenvalue weighted by molar-refractivity contribution is -0.120. The standard InChI is InChI=1S/C16H17N3OS/c1-11-10-21-16(17-11)9-15(20)19-18-14-8-4-6-12-5-2-3-7-13(12)14/h2-3,5,7,10H,4,6,8-9H2,1H3,(H,19,20). The summed E-state index contributed by atoms with van der Waals surface area (Å²) in [6, 6.07) is 8.26. The number of nitrogens with one attached hydrogen (secondary N) is 1. The maximum atomic E-state index is 11.9. The van der Waals surface area contributed by atoms with Gasteiger partial charge in [-0.05, 0) is 31.7 Å². The molecular formula is C16H17N3OS. The Morgan fingerprint density at radius 3 is 3.05 bits per heavy atom. The SMILES string of the molecule is Cc1csc(CC(=O)NN=C2CCCc3ccccc32)n1. The fourth-order valence-corrected chi connectivity index (χ4v) is 3.28. The average molecular weight is 299 g/mol. The van der Waals surface area contributed by atoms with Gasteiger partial charge >= 0.3 is 0 Å². The Kier molecular flexibility index (Phi) is 4.10. The van der Waals surface area contributed by atoms with Crippen molar-refractivity contribution in [3.05, 3.63) is 51.5 Å². The third-order valence-corrected chi connectivity index (χ3v) is 4.45. The third-order valence-electron chi connectivity index (χ3n) is 3.48. The Labute approximate surface area is 127 Å². The molecule has 21 heavy (non-hydrogen) atoms. The maximum absolute atomic E-state index is 11.9. The van der Waals surface area contributed by atoms with E-state index in [0.29, 0.717) is 0 Å². The zero-order chi connectivity index (χ0) is 14.7. The summed E-state index contributed by atoms with van der Waals surface area (Å²) in [6.45, 7) is 1.93. The van der Waals surface area contributed by atoms with Crippen LogP contribution in [0.5, 0.6) is 0 Å². The van der Waals surface area contributed by atoms with Gasteiger partial charge in [-0.25, -0.2) is 10.4 Å². The van der Waals surface area contributed by atoms with E-state index in [1.165, 1.54) is 16.9 Å². The molecule has 0 aliphatic heterocycles. The number of rotatable bonds is 3. The second kappa shape index (κ2) is 6.18. The molecule has 1 aliphatic carbocycles. The highest BCUT2D eigenvalue weighted by molar-refractivity contribution is 7.09. The number of carbonyl (C=O) groups excluding carboxylic acids is 1. The Morgan fingerprint density at radius 2 is 2.24 bits per heavy atom. The van der Waals surface area contributed by atoms with Gasteiger partial charge in [-0.15, -0.1) is 11.3 Å². The van der Waals surface area contributed by atoms with Crippen LogP contribution in [0.25, 0.3) is 0 Å². The van der Waals surface area contributed by atoms with Crippen LogP contribution in [-0.2, 0) is 17.6 Å². The molecule has 0 radical (unpaired) electrons. The molecule has 2 aromatic rings. The first-order valence-electron chi connectivity index (χ1n) is 7.07. The molecule has 0 saturated heterocycles. The molecule has 3 rings (SSSR count). The lowest BCUT2D eigenvalue weighted by atomic mass is 9.90. The highest BCUT2D eigenvalue weighted by atomic mass is 32.1. The van der Waals surface area contributed by atoms with E-state index in [0.717, 1.165) is 41.2 Å². The first-order valence-corrected chi connectivity index (χ1v) is 7.95. The Bertz CT molecular complexity index is 690. The van der Waals surface area contributed by atoms with Gasteiger partial charge in [-0.2, -0.15) is 5.10 Å². The van der Waals surface area contributed by atoms with E-state index in [9.17, 15) is 4.79 Å². The van der Waals surface area contributed by atoms with Crippen molar-refractivity contribution in [1.29, 1.82) is 0 Å². The Morgan fingerprint density at radius 1 is 1.38 bits per heavy atom. The largest absolute Gasteiger partial charge is 0.273 e. The minimum Gasteiger partial charge on any atom is -0.273 e. The molecule has 108 valence electrons. The topological polar surface area (TPSA) is 54.4 Å². The van der Waals surface area contributed by atoms with Gasteiger partial charge in [0.15, 0.2) is 0 Å². The van der Waals surface area contributed by atoms with Gasteiger partial charge in [0, 0.05) is 16.6 Å². The highest BCUT2D eigenvalue weighted by Gasteiger charge is 2.15. The van der Waals surface area contributed by atoms with E-state index in [4.69, 9.17) is 0 Å². The summed E-state index contributed by atoms with van der Waals surface area (Å²) in [4.78, 5) is 16.2. The normalized spacial score (nSPS) is 15.8. The van der Waals surface area contributed by atoms with E-state index in [1.54, 1.807) is 0 Å². The number of hydrogen-bond acceptors (Lipinski definition) is 4. The number of thiazole rings is 1. The number of carbonyl (C=O) groups is 1. The molecule has 1 N–H and O–H groups in total. The van der Waals surface area contributed by atoms with Gasteiger partial charge in [0.2, 0.25) is 5.91 Å². The van der Waals surface area contributed by atoms with E-state index in [1.807, 2.05) is 24.4 Å². The molecule has 0 unspecified atom stereocenters. The number of hydrazone groups is 1. The zero-order valence-corrected chi connectivity index (χ0v) is 12.7. The third kappa shape index (κ3) is 3.36. The summed E-state index contributed by atoms with van der Waals surface area (Å²) < 4.78 is 0. The van der Waals surface area contributed by atoms with Crippen molar-refractivity contribution >= 4 is 23.0 Å². The van der Waals surface area contributed by atoms with Gasteiger partial charge in [0.1, 0.15) is 5.01 Å². The van der Waals surface area contributed by atoms with Crippen LogP contribution in [0, 0.1) is 6.92 Å². The van der Waals surface area contributed by atoms with Crippen molar-refractivity contribution in [3.8, 4) is 0 Å². The number of aromatic nitrogens is 1. The maximum Gasteiger partial charge on any atom is 0.246 e. The first kappa shape index (κ1) is 13.9. The van der Waals surface area contributed by atoms with E-state index in [-0.39, 0.29) is 12.3 Å². The molecule has 4 nitrogen and oxygen atoms in total. The summed E-state index contributed by atoms with van der Waals surface area (Å²) in [7, 11) is 0. The Hall–Kier alpha value is -2.01. The van der Waals surface area contributed by atoms with Crippen LogP contribution < -0.4 is 5.43 Å². The monoisotopic (exact) mass is 299 g/mol. The highest BCUT2D eigenvalue weighted by Crippen LogP contribution is 2.21. The molecule has 0 saturated carbocycles. The fourth-order valence-electron chi connectivity index (χ4n) is 2.51. The van der Waals surface area contributed by atoms with Crippen molar-refractivity contribution in [3.63, 3.8) is 0 Å². The van der Waals surface area contributed by atoms with Crippen LogP contribution >= 0.6 is 11.3 Å². The fraction of sp³-hybridized carbons (Fsp3) is 0.312. The average Bonchev–Trinajstić information content (AvgIpc) is 2.90. The molecule has 5 heteroatoms. The van der Waals surface area contributed by atoms with Crippen molar-refractivity contribution in [2.75, 3.05) is 0 Å². The van der Waals surface area contributed by atoms with Crippen LogP contribution in [0.2, 0.25) is 0 Å². The first-order chi connectivity index (χ1) is 10.2. The van der Waals surface area contributed by atoms with E-state index in [2.05, 4.69) is 27.6 Å². The van der Waals surface area contributed by atoms with Gasteiger partial charge in [-0.3, -0.25) is 4.79 Å². The number of benzene rings is 1. The lowest BCUT2D eigenvalue weighted by Gasteiger charge is -2.17. The van der Waals surface area contributed by atoms with Crippen LogP contribution in [0.4, 0.5) is 0 Å². The lowest BCUT2D eigenvalue weighted by Crippen LogP contribution is -2.23. The van der Waals surface area contributed by atoms with E-state index >= 15 is 0 Å². The molecule has 1 amide bonds. The second-order valence-corrected chi connectivity index (χ2v) is 6.11. The minimum absolute atomic E-state index is 0.111. The molecule has 0 fully saturated rings. The number of hydrogen-bond donors (Lipinski definition) is 1. The van der Waals surface area contributed by atoms with Gasteiger partial charge < -0.3 is 0 Å². The quantitative estimate of drug-likeness (QED) is 0.886. The minimum atomic E-state index is -0.111. The predicted octanol–water partition coefficient (Wildman–Crippen LogP) is 2.85. The molecule has 0 atom stereocenters. The summed E-state index contributed by atoms with van der Waals surface area (Å²) in [5, 5.41) is 7.10. The molecule has 1 aliphatic rings. The summed E-state index contributed by atoms with van der Waals surface area (Å²) >= 11 is 1.51. The number of aryl methyl sites for hydroxylation is 2. The second-order valence-electron chi connectivity index (χ2n) is 5.16. The van der Waals surface area contributed by atoms with Crippen LogP contribution in [0.15, 0.2) is 34.7 Å². The number of nitrogens with zero attached hydrogens (tertiary/aromatic N) is 2. The molecule has 0 spiro atoms. The Balaban J connectivity index is 1.68. The molecule has 0 bridgehead atoms.